The predicted octanol–water partition coefficient (Wildman–Crippen LogP) is 3.45. The summed E-state index contributed by atoms with van der Waals surface area (Å²) in [6.45, 7) is 3.25. The molecular formula is C18H16N4OS. The lowest BCUT2D eigenvalue weighted by atomic mass is 10.1. The topological polar surface area (TPSA) is 42.7 Å². The quantitative estimate of drug-likeness (QED) is 0.562. The molecule has 0 radical (unpaired) electrons. The average molecular weight is 336 g/mol. The average Bonchev–Trinajstić information content (AvgIpc) is 3.23. The first kappa shape index (κ1) is 13.9. The van der Waals surface area contributed by atoms with Crippen LogP contribution in [0.5, 0.6) is 0 Å². The smallest absolute Gasteiger partial charge is 0.194 e. The molecule has 4 heterocycles. The minimum Gasteiger partial charge on any atom is -0.378 e. The van der Waals surface area contributed by atoms with Crippen LogP contribution in [-0.4, -0.2) is 40.7 Å². The van der Waals surface area contributed by atoms with Crippen LogP contribution in [0.3, 0.4) is 0 Å². The molecule has 4 aromatic rings. The van der Waals surface area contributed by atoms with Gasteiger partial charge in [-0.05, 0) is 11.5 Å². The van der Waals surface area contributed by atoms with E-state index in [1.54, 1.807) is 11.3 Å². The largest absolute Gasteiger partial charge is 0.378 e. The molecule has 0 unspecified atom stereocenters. The maximum absolute atomic E-state index is 5.49. The van der Waals surface area contributed by atoms with Crippen molar-refractivity contribution in [2.24, 2.45) is 0 Å². The van der Waals surface area contributed by atoms with Crippen LogP contribution in [0.1, 0.15) is 0 Å². The van der Waals surface area contributed by atoms with Crippen LogP contribution in [0, 0.1) is 0 Å². The number of nitrogens with zero attached hydrogens (tertiary/aromatic N) is 4. The lowest BCUT2D eigenvalue weighted by Crippen LogP contribution is -2.36. The summed E-state index contributed by atoms with van der Waals surface area (Å²) >= 11 is 1.64. The van der Waals surface area contributed by atoms with Gasteiger partial charge >= 0.3 is 0 Å². The molecule has 0 amide bonds. The number of imidazole rings is 1. The zero-order chi connectivity index (χ0) is 15.9. The molecule has 0 bridgehead atoms. The fraction of sp³-hybridized carbons (Fsp3) is 0.222. The first-order valence-electron chi connectivity index (χ1n) is 8.03. The Bertz CT molecular complexity index is 988. The predicted molar refractivity (Wildman–Crippen MR) is 96.8 cm³/mol. The first-order valence-corrected chi connectivity index (χ1v) is 8.91. The van der Waals surface area contributed by atoms with Crippen molar-refractivity contribution in [1.82, 2.24) is 14.4 Å². The molecule has 5 nitrogen and oxygen atoms in total. The molecule has 120 valence electrons. The lowest BCUT2D eigenvalue weighted by Gasteiger charge is -2.29. The molecule has 0 aliphatic carbocycles. The number of fused-ring (bicyclic) bond motifs is 2. The first-order chi connectivity index (χ1) is 11.9. The van der Waals surface area contributed by atoms with E-state index in [9.17, 15) is 0 Å². The van der Waals surface area contributed by atoms with Gasteiger partial charge in [-0.1, -0.05) is 24.3 Å². The Kier molecular flexibility index (Phi) is 3.24. The molecule has 1 aliphatic rings. The Morgan fingerprint density at radius 2 is 1.92 bits per heavy atom. The van der Waals surface area contributed by atoms with Gasteiger partial charge in [0.2, 0.25) is 0 Å². The van der Waals surface area contributed by atoms with Gasteiger partial charge in [-0.3, -0.25) is 4.40 Å². The second-order valence-corrected chi connectivity index (χ2v) is 6.74. The zero-order valence-corrected chi connectivity index (χ0v) is 13.9. The summed E-state index contributed by atoms with van der Waals surface area (Å²) in [5.41, 5.74) is 1.84. The molecule has 1 aliphatic heterocycles. The fourth-order valence-corrected chi connectivity index (χ4v) is 3.88. The molecule has 1 fully saturated rings. The maximum Gasteiger partial charge on any atom is 0.194 e. The second kappa shape index (κ2) is 5.58. The van der Waals surface area contributed by atoms with Crippen molar-refractivity contribution >= 4 is 32.9 Å². The molecule has 0 N–H and O–H groups in total. The Hall–Kier alpha value is -2.44. The maximum atomic E-state index is 5.49. The van der Waals surface area contributed by atoms with Gasteiger partial charge in [-0.15, -0.1) is 11.3 Å². The van der Waals surface area contributed by atoms with Crippen molar-refractivity contribution in [3.63, 3.8) is 0 Å². The highest BCUT2D eigenvalue weighted by Crippen LogP contribution is 2.30. The van der Waals surface area contributed by atoms with Crippen LogP contribution >= 0.6 is 11.3 Å². The van der Waals surface area contributed by atoms with Gasteiger partial charge in [-0.2, -0.15) is 0 Å². The van der Waals surface area contributed by atoms with E-state index in [0.29, 0.717) is 0 Å². The number of hydrogen-bond acceptors (Lipinski definition) is 5. The van der Waals surface area contributed by atoms with Crippen molar-refractivity contribution in [3.8, 4) is 11.4 Å². The number of morpholine rings is 1. The number of rotatable bonds is 2. The number of pyridine rings is 1. The Morgan fingerprint density at radius 1 is 1.04 bits per heavy atom. The monoisotopic (exact) mass is 336 g/mol. The van der Waals surface area contributed by atoms with Crippen molar-refractivity contribution in [1.29, 1.82) is 0 Å². The van der Waals surface area contributed by atoms with E-state index in [4.69, 9.17) is 14.7 Å². The van der Waals surface area contributed by atoms with Gasteiger partial charge in [0, 0.05) is 36.2 Å². The van der Waals surface area contributed by atoms with Gasteiger partial charge < -0.3 is 9.64 Å². The van der Waals surface area contributed by atoms with Crippen molar-refractivity contribution in [2.75, 3.05) is 31.2 Å². The number of benzene rings is 1. The van der Waals surface area contributed by atoms with Crippen molar-refractivity contribution < 1.29 is 4.74 Å². The molecule has 24 heavy (non-hydrogen) atoms. The summed E-state index contributed by atoms with van der Waals surface area (Å²) in [6.07, 6.45) is 4.08. The highest BCUT2D eigenvalue weighted by atomic mass is 32.1. The molecule has 0 atom stereocenters. The standard InChI is InChI=1S/C18H16N4OS/c1-2-4-14-13(3-1)11-15(16-12-22-7-10-24-18(22)20-16)19-17(14)21-5-8-23-9-6-21/h1-4,7,10-12H,5-6,8-9H2. The van der Waals surface area contributed by atoms with E-state index in [0.717, 1.165) is 48.5 Å². The molecule has 0 saturated carbocycles. The van der Waals surface area contributed by atoms with Gasteiger partial charge in [0.05, 0.1) is 18.9 Å². The van der Waals surface area contributed by atoms with E-state index >= 15 is 0 Å². The number of hydrogen-bond donors (Lipinski definition) is 0. The summed E-state index contributed by atoms with van der Waals surface area (Å²) in [4.78, 5) is 13.0. The molecule has 5 rings (SSSR count). The Labute approximate surface area is 143 Å². The minimum absolute atomic E-state index is 0.750. The van der Waals surface area contributed by atoms with Crippen LogP contribution in [0.2, 0.25) is 0 Å². The Balaban J connectivity index is 1.70. The van der Waals surface area contributed by atoms with Crippen LogP contribution < -0.4 is 4.90 Å². The third-order valence-corrected chi connectivity index (χ3v) is 5.16. The van der Waals surface area contributed by atoms with Crippen molar-refractivity contribution in [2.45, 2.75) is 0 Å². The van der Waals surface area contributed by atoms with E-state index in [2.05, 4.69) is 35.2 Å². The minimum atomic E-state index is 0.750. The summed E-state index contributed by atoms with van der Waals surface area (Å²) in [6, 6.07) is 10.6. The third-order valence-electron chi connectivity index (χ3n) is 4.39. The highest BCUT2D eigenvalue weighted by Gasteiger charge is 2.18. The molecule has 1 saturated heterocycles. The Morgan fingerprint density at radius 3 is 2.79 bits per heavy atom. The zero-order valence-electron chi connectivity index (χ0n) is 13.1. The summed E-state index contributed by atoms with van der Waals surface area (Å²) in [5, 5.41) is 4.42. The van der Waals surface area contributed by atoms with Crippen LogP contribution in [0.25, 0.3) is 27.1 Å². The van der Waals surface area contributed by atoms with E-state index in [-0.39, 0.29) is 0 Å². The molecular weight excluding hydrogens is 320 g/mol. The number of ether oxygens (including phenoxy) is 1. The third kappa shape index (κ3) is 2.26. The lowest BCUT2D eigenvalue weighted by molar-refractivity contribution is 0.122. The number of anilines is 1. The van der Waals surface area contributed by atoms with Crippen LogP contribution in [0.15, 0.2) is 48.1 Å². The molecule has 1 aromatic carbocycles. The van der Waals surface area contributed by atoms with Crippen LogP contribution in [-0.2, 0) is 4.74 Å². The van der Waals surface area contributed by atoms with Gasteiger partial charge in [0.1, 0.15) is 11.5 Å². The summed E-state index contributed by atoms with van der Waals surface area (Å²) in [5.74, 6) is 1.03. The van der Waals surface area contributed by atoms with E-state index in [1.165, 1.54) is 10.8 Å². The van der Waals surface area contributed by atoms with Gasteiger partial charge in [0.25, 0.3) is 0 Å². The van der Waals surface area contributed by atoms with Gasteiger partial charge in [0.15, 0.2) is 4.96 Å². The number of aromatic nitrogens is 3. The van der Waals surface area contributed by atoms with E-state index < -0.39 is 0 Å². The van der Waals surface area contributed by atoms with E-state index in [1.807, 2.05) is 22.2 Å². The summed E-state index contributed by atoms with van der Waals surface area (Å²) < 4.78 is 7.54. The number of thiazole rings is 1. The second-order valence-electron chi connectivity index (χ2n) is 5.87. The fourth-order valence-electron chi connectivity index (χ4n) is 3.18. The molecule has 3 aromatic heterocycles. The summed E-state index contributed by atoms with van der Waals surface area (Å²) in [7, 11) is 0. The molecule has 0 spiro atoms. The SMILES string of the molecule is c1ccc2c(N3CCOCC3)nc(-c3cn4ccsc4n3)cc2c1. The van der Waals surface area contributed by atoms with Crippen LogP contribution in [0.4, 0.5) is 5.82 Å². The van der Waals surface area contributed by atoms with Crippen molar-refractivity contribution in [3.05, 3.63) is 48.1 Å². The normalized spacial score (nSPS) is 15.4. The molecule has 6 heteroatoms. The van der Waals surface area contributed by atoms with Gasteiger partial charge in [-0.25, -0.2) is 9.97 Å². The highest BCUT2D eigenvalue weighted by molar-refractivity contribution is 7.15.